The highest BCUT2D eigenvalue weighted by Gasteiger charge is 2.16. The maximum Gasteiger partial charge on any atom is 0.107 e. The maximum absolute atomic E-state index is 9.64. The molecule has 0 radical (unpaired) electrons. The molecular weight excluding hydrogens is 232 g/mol. The molecule has 0 fully saturated rings. The van der Waals surface area contributed by atoms with Crippen molar-refractivity contribution in [3.05, 3.63) is 16.1 Å². The summed E-state index contributed by atoms with van der Waals surface area (Å²) < 4.78 is 0. The van der Waals surface area contributed by atoms with Crippen LogP contribution in [0.2, 0.25) is 0 Å². The predicted octanol–water partition coefficient (Wildman–Crippen LogP) is 2.08. The van der Waals surface area contributed by atoms with Crippen LogP contribution in [-0.2, 0) is 12.4 Å². The van der Waals surface area contributed by atoms with Crippen LogP contribution >= 0.6 is 22.9 Å². The van der Waals surface area contributed by atoms with E-state index in [4.69, 9.17) is 11.6 Å². The Balaban J connectivity index is 2.47. The molecule has 0 unspecified atom stereocenters. The second-order valence-corrected chi connectivity index (χ2v) is 5.56. The minimum absolute atomic E-state index is 0.464. The van der Waals surface area contributed by atoms with Crippen molar-refractivity contribution >= 4 is 22.9 Å². The fourth-order valence-electron chi connectivity index (χ4n) is 1.43. The number of rotatable bonds is 5. The summed E-state index contributed by atoms with van der Waals surface area (Å²) in [5.41, 5.74) is 0.259. The Hall–Kier alpha value is -0.160. The molecule has 1 rings (SSSR count). The van der Waals surface area contributed by atoms with Crippen molar-refractivity contribution in [1.82, 2.24) is 9.88 Å². The Kier molecular flexibility index (Phi) is 4.52. The Morgan fingerprint density at radius 3 is 2.73 bits per heavy atom. The van der Waals surface area contributed by atoms with Gasteiger partial charge in [-0.1, -0.05) is 0 Å². The third-order valence-electron chi connectivity index (χ3n) is 1.80. The third kappa shape index (κ3) is 4.93. The van der Waals surface area contributed by atoms with Crippen molar-refractivity contribution < 1.29 is 5.11 Å². The number of thiazole rings is 1. The highest BCUT2D eigenvalue weighted by atomic mass is 35.5. The van der Waals surface area contributed by atoms with Crippen molar-refractivity contribution in [3.63, 3.8) is 0 Å². The molecule has 3 nitrogen and oxygen atoms in total. The Bertz CT molecular complexity index is 309. The van der Waals surface area contributed by atoms with Gasteiger partial charge >= 0.3 is 0 Å². The Morgan fingerprint density at radius 2 is 2.27 bits per heavy atom. The van der Waals surface area contributed by atoms with Crippen LogP contribution in [0.25, 0.3) is 0 Å². The van der Waals surface area contributed by atoms with E-state index >= 15 is 0 Å². The first-order chi connectivity index (χ1) is 6.90. The summed E-state index contributed by atoms with van der Waals surface area (Å²) in [4.78, 5) is 6.41. The third-order valence-corrected chi connectivity index (χ3v) is 2.95. The number of hydrogen-bond donors (Lipinski definition) is 1. The van der Waals surface area contributed by atoms with Gasteiger partial charge in [0.1, 0.15) is 5.01 Å². The summed E-state index contributed by atoms with van der Waals surface area (Å²) in [6.45, 7) is 4.99. The van der Waals surface area contributed by atoms with Gasteiger partial charge in [-0.05, 0) is 20.9 Å². The van der Waals surface area contributed by atoms with E-state index in [1.54, 1.807) is 25.2 Å². The number of halogens is 1. The number of nitrogens with zero attached hydrogens (tertiary/aromatic N) is 2. The number of aromatic nitrogens is 1. The molecule has 0 atom stereocenters. The van der Waals surface area contributed by atoms with Gasteiger partial charge in [0.15, 0.2) is 0 Å². The molecule has 0 saturated heterocycles. The number of hydrogen-bond acceptors (Lipinski definition) is 4. The van der Waals surface area contributed by atoms with Crippen LogP contribution in [0, 0.1) is 0 Å². The summed E-state index contributed by atoms with van der Waals surface area (Å²) in [5, 5.41) is 12.6. The van der Waals surface area contributed by atoms with Gasteiger partial charge in [-0.3, -0.25) is 4.90 Å². The SMILES string of the molecule is CN(Cc1nc(CCl)cs1)CC(C)(C)O. The second kappa shape index (κ2) is 5.25. The van der Waals surface area contributed by atoms with Crippen LogP contribution in [0.1, 0.15) is 24.5 Å². The molecule has 0 aromatic carbocycles. The monoisotopic (exact) mass is 248 g/mol. The molecular formula is C10H17ClN2OS. The number of likely N-dealkylation sites (N-methyl/N-ethyl adjacent to an activating group) is 1. The van der Waals surface area contributed by atoms with E-state index in [0.717, 1.165) is 17.2 Å². The van der Waals surface area contributed by atoms with Crippen LogP contribution in [-0.4, -0.2) is 34.2 Å². The predicted molar refractivity (Wildman–Crippen MR) is 64.3 cm³/mol. The normalized spacial score (nSPS) is 12.4. The summed E-state index contributed by atoms with van der Waals surface area (Å²) in [6.07, 6.45) is 0. The second-order valence-electron chi connectivity index (χ2n) is 4.35. The lowest BCUT2D eigenvalue weighted by Gasteiger charge is -2.24. The average Bonchev–Trinajstić information content (AvgIpc) is 2.48. The van der Waals surface area contributed by atoms with Crippen molar-refractivity contribution in [2.24, 2.45) is 0 Å². The molecule has 5 heteroatoms. The lowest BCUT2D eigenvalue weighted by molar-refractivity contribution is 0.0424. The maximum atomic E-state index is 9.64. The quantitative estimate of drug-likeness (QED) is 0.811. The zero-order valence-corrected chi connectivity index (χ0v) is 10.9. The van der Waals surface area contributed by atoms with Gasteiger partial charge in [0.2, 0.25) is 0 Å². The summed E-state index contributed by atoms with van der Waals surface area (Å²) in [6, 6.07) is 0. The van der Waals surface area contributed by atoms with Crippen LogP contribution in [0.4, 0.5) is 0 Å². The molecule has 86 valence electrons. The molecule has 1 aromatic rings. The van der Waals surface area contributed by atoms with Crippen LogP contribution < -0.4 is 0 Å². The lowest BCUT2D eigenvalue weighted by Crippen LogP contribution is -2.35. The molecule has 0 aliphatic heterocycles. The van der Waals surface area contributed by atoms with Crippen molar-refractivity contribution in [1.29, 1.82) is 0 Å². The molecule has 0 aliphatic carbocycles. The van der Waals surface area contributed by atoms with E-state index < -0.39 is 5.60 Å². The highest BCUT2D eigenvalue weighted by Crippen LogP contribution is 2.14. The van der Waals surface area contributed by atoms with Gasteiger partial charge in [-0.2, -0.15) is 0 Å². The fraction of sp³-hybridized carbons (Fsp3) is 0.700. The Labute approximate surface area is 99.7 Å². The van der Waals surface area contributed by atoms with Gasteiger partial charge in [-0.15, -0.1) is 22.9 Å². The van der Waals surface area contributed by atoms with E-state index in [-0.39, 0.29) is 0 Å². The minimum atomic E-state index is -0.665. The van der Waals surface area contributed by atoms with Crippen molar-refractivity contribution in [3.8, 4) is 0 Å². The van der Waals surface area contributed by atoms with E-state index in [2.05, 4.69) is 9.88 Å². The molecule has 0 amide bonds. The molecule has 15 heavy (non-hydrogen) atoms. The molecule has 1 N–H and O–H groups in total. The fourth-order valence-corrected chi connectivity index (χ4v) is 2.53. The summed E-state index contributed by atoms with van der Waals surface area (Å²) in [5.74, 6) is 0.464. The number of aliphatic hydroxyl groups is 1. The van der Waals surface area contributed by atoms with E-state index in [1.807, 2.05) is 12.4 Å². The summed E-state index contributed by atoms with van der Waals surface area (Å²) in [7, 11) is 1.97. The first-order valence-electron chi connectivity index (χ1n) is 4.81. The van der Waals surface area contributed by atoms with Gasteiger partial charge in [0.05, 0.1) is 23.7 Å². The van der Waals surface area contributed by atoms with Crippen molar-refractivity contribution in [2.45, 2.75) is 31.9 Å². The number of alkyl halides is 1. The molecule has 1 aromatic heterocycles. The summed E-state index contributed by atoms with van der Waals surface area (Å²) >= 11 is 7.28. The zero-order chi connectivity index (χ0) is 11.5. The first kappa shape index (κ1) is 12.9. The van der Waals surface area contributed by atoms with E-state index in [0.29, 0.717) is 12.4 Å². The van der Waals surface area contributed by atoms with Crippen LogP contribution in [0.15, 0.2) is 5.38 Å². The molecule has 0 spiro atoms. The van der Waals surface area contributed by atoms with Gasteiger partial charge in [0, 0.05) is 11.9 Å². The van der Waals surface area contributed by atoms with Crippen LogP contribution in [0.5, 0.6) is 0 Å². The highest BCUT2D eigenvalue weighted by molar-refractivity contribution is 7.09. The first-order valence-corrected chi connectivity index (χ1v) is 6.22. The standard InChI is InChI=1S/C10H17ClN2OS/c1-10(2,14)7-13(3)5-9-12-8(4-11)6-15-9/h6,14H,4-5,7H2,1-3H3. The zero-order valence-electron chi connectivity index (χ0n) is 9.33. The minimum Gasteiger partial charge on any atom is -0.389 e. The van der Waals surface area contributed by atoms with E-state index in [9.17, 15) is 5.11 Å². The molecule has 0 aliphatic rings. The smallest absolute Gasteiger partial charge is 0.107 e. The van der Waals surface area contributed by atoms with E-state index in [1.165, 1.54) is 0 Å². The Morgan fingerprint density at radius 1 is 1.60 bits per heavy atom. The van der Waals surface area contributed by atoms with Crippen molar-refractivity contribution in [2.75, 3.05) is 13.6 Å². The van der Waals surface area contributed by atoms with Gasteiger partial charge in [-0.25, -0.2) is 4.98 Å². The van der Waals surface area contributed by atoms with Crippen LogP contribution in [0.3, 0.4) is 0 Å². The topological polar surface area (TPSA) is 36.4 Å². The molecule has 1 heterocycles. The average molecular weight is 249 g/mol. The lowest BCUT2D eigenvalue weighted by atomic mass is 10.1. The van der Waals surface area contributed by atoms with Gasteiger partial charge < -0.3 is 5.11 Å². The molecule has 0 bridgehead atoms. The molecule has 0 saturated carbocycles. The largest absolute Gasteiger partial charge is 0.389 e. The van der Waals surface area contributed by atoms with Gasteiger partial charge in [0.25, 0.3) is 0 Å².